The van der Waals surface area contributed by atoms with E-state index in [9.17, 15) is 9.59 Å². The SMILES string of the molecule is O=C(c1cccs1)N(CC(=O)N1CCc2sccc2C1COc1ccccc1)C1CC1. The van der Waals surface area contributed by atoms with Crippen LogP contribution in [-0.4, -0.2) is 47.4 Å². The predicted molar refractivity (Wildman–Crippen MR) is 123 cm³/mol. The van der Waals surface area contributed by atoms with Gasteiger partial charge in [-0.25, -0.2) is 0 Å². The molecule has 160 valence electrons. The fourth-order valence-corrected chi connectivity index (χ4v) is 5.70. The summed E-state index contributed by atoms with van der Waals surface area (Å²) in [7, 11) is 0. The van der Waals surface area contributed by atoms with E-state index in [1.807, 2.05) is 52.7 Å². The van der Waals surface area contributed by atoms with Crippen molar-refractivity contribution in [3.63, 3.8) is 0 Å². The molecule has 0 saturated heterocycles. The number of para-hydroxylation sites is 1. The molecule has 5 rings (SSSR count). The first kappa shape index (κ1) is 20.3. The first-order valence-corrected chi connectivity index (χ1v) is 12.3. The molecule has 2 aromatic heterocycles. The largest absolute Gasteiger partial charge is 0.491 e. The van der Waals surface area contributed by atoms with Crippen molar-refractivity contribution in [2.75, 3.05) is 19.7 Å². The molecule has 1 aromatic carbocycles. The lowest BCUT2D eigenvalue weighted by atomic mass is 10.0. The molecule has 1 fully saturated rings. The topological polar surface area (TPSA) is 49.9 Å². The number of rotatable bonds is 7. The lowest BCUT2D eigenvalue weighted by molar-refractivity contribution is -0.135. The third-order valence-corrected chi connectivity index (χ3v) is 7.71. The molecule has 1 saturated carbocycles. The van der Waals surface area contributed by atoms with Gasteiger partial charge < -0.3 is 14.5 Å². The van der Waals surface area contributed by atoms with Crippen molar-refractivity contribution in [3.8, 4) is 5.75 Å². The Labute approximate surface area is 189 Å². The van der Waals surface area contributed by atoms with Gasteiger partial charge in [-0.2, -0.15) is 0 Å². The molecule has 3 aromatic rings. The third kappa shape index (κ3) is 4.38. The van der Waals surface area contributed by atoms with Crippen LogP contribution in [0.15, 0.2) is 59.3 Å². The Hall–Kier alpha value is -2.64. The van der Waals surface area contributed by atoms with Crippen LogP contribution in [0.3, 0.4) is 0 Å². The molecule has 1 atom stereocenters. The van der Waals surface area contributed by atoms with Crippen molar-refractivity contribution >= 4 is 34.5 Å². The fraction of sp³-hybridized carbons (Fsp3) is 0.333. The van der Waals surface area contributed by atoms with Crippen LogP contribution in [0.1, 0.15) is 39.0 Å². The monoisotopic (exact) mass is 452 g/mol. The number of ether oxygens (including phenoxy) is 1. The molecule has 5 nitrogen and oxygen atoms in total. The molecule has 0 N–H and O–H groups in total. The van der Waals surface area contributed by atoms with Crippen LogP contribution in [0.4, 0.5) is 0 Å². The quantitative estimate of drug-likeness (QED) is 0.526. The summed E-state index contributed by atoms with van der Waals surface area (Å²) in [5, 5.41) is 3.99. The Bertz CT molecular complexity index is 1040. The summed E-state index contributed by atoms with van der Waals surface area (Å²) in [5.74, 6) is 0.760. The third-order valence-electron chi connectivity index (χ3n) is 5.85. The van der Waals surface area contributed by atoms with Crippen molar-refractivity contribution in [1.82, 2.24) is 9.80 Å². The van der Waals surface area contributed by atoms with Crippen LogP contribution >= 0.6 is 22.7 Å². The van der Waals surface area contributed by atoms with Crippen molar-refractivity contribution in [3.05, 3.63) is 74.6 Å². The number of hydrogen-bond acceptors (Lipinski definition) is 5. The van der Waals surface area contributed by atoms with Crippen molar-refractivity contribution in [2.24, 2.45) is 0 Å². The van der Waals surface area contributed by atoms with Gasteiger partial charge in [-0.05, 0) is 59.9 Å². The van der Waals surface area contributed by atoms with Gasteiger partial charge in [-0.15, -0.1) is 22.7 Å². The summed E-state index contributed by atoms with van der Waals surface area (Å²) >= 11 is 3.17. The molecule has 2 aliphatic rings. The van der Waals surface area contributed by atoms with Gasteiger partial charge in [0.15, 0.2) is 0 Å². The van der Waals surface area contributed by atoms with Crippen molar-refractivity contribution in [1.29, 1.82) is 0 Å². The normalized spacial score (nSPS) is 17.8. The first-order chi connectivity index (χ1) is 15.2. The number of thiophene rings is 2. The van der Waals surface area contributed by atoms with Gasteiger partial charge in [0.2, 0.25) is 5.91 Å². The van der Waals surface area contributed by atoms with Crippen LogP contribution in [0.5, 0.6) is 5.75 Å². The highest BCUT2D eigenvalue weighted by Crippen LogP contribution is 2.35. The average Bonchev–Trinajstić information content (AvgIpc) is 3.27. The van der Waals surface area contributed by atoms with E-state index in [1.54, 1.807) is 16.2 Å². The second-order valence-corrected chi connectivity index (χ2v) is 9.87. The van der Waals surface area contributed by atoms with Crippen molar-refractivity contribution in [2.45, 2.75) is 31.3 Å². The van der Waals surface area contributed by atoms with Crippen molar-refractivity contribution < 1.29 is 14.3 Å². The summed E-state index contributed by atoms with van der Waals surface area (Å²) in [6.45, 7) is 1.19. The van der Waals surface area contributed by atoms with E-state index in [2.05, 4.69) is 11.4 Å². The van der Waals surface area contributed by atoms with Crippen LogP contribution in [-0.2, 0) is 11.2 Å². The molecule has 0 radical (unpaired) electrons. The Morgan fingerprint density at radius 3 is 2.61 bits per heavy atom. The van der Waals surface area contributed by atoms with Crippen LogP contribution in [0, 0.1) is 0 Å². The van der Waals surface area contributed by atoms with E-state index in [0.29, 0.717) is 18.0 Å². The zero-order valence-electron chi connectivity index (χ0n) is 17.1. The van der Waals surface area contributed by atoms with Crippen LogP contribution < -0.4 is 4.74 Å². The maximum atomic E-state index is 13.5. The minimum atomic E-state index is -0.138. The van der Waals surface area contributed by atoms with Gasteiger partial charge in [0.25, 0.3) is 5.91 Å². The van der Waals surface area contributed by atoms with E-state index >= 15 is 0 Å². The van der Waals surface area contributed by atoms with Gasteiger partial charge in [-0.3, -0.25) is 9.59 Å². The molecule has 2 amide bonds. The molecule has 1 aliphatic carbocycles. The number of amides is 2. The molecule has 31 heavy (non-hydrogen) atoms. The van der Waals surface area contributed by atoms with E-state index in [4.69, 9.17) is 4.74 Å². The Balaban J connectivity index is 1.34. The van der Waals surface area contributed by atoms with E-state index in [-0.39, 0.29) is 30.4 Å². The molecule has 7 heteroatoms. The van der Waals surface area contributed by atoms with Gasteiger partial charge >= 0.3 is 0 Å². The van der Waals surface area contributed by atoms with E-state index in [1.165, 1.54) is 21.8 Å². The molecule has 0 spiro atoms. The molecular formula is C24H24N2O3S2. The summed E-state index contributed by atoms with van der Waals surface area (Å²) in [4.78, 5) is 32.1. The summed E-state index contributed by atoms with van der Waals surface area (Å²) < 4.78 is 6.06. The molecular weight excluding hydrogens is 428 g/mol. The number of carbonyl (C=O) groups is 2. The lowest BCUT2D eigenvalue weighted by Gasteiger charge is -2.37. The number of benzene rings is 1. The Morgan fingerprint density at radius 1 is 1.03 bits per heavy atom. The highest BCUT2D eigenvalue weighted by Gasteiger charge is 2.38. The average molecular weight is 453 g/mol. The smallest absolute Gasteiger partial charge is 0.264 e. The maximum Gasteiger partial charge on any atom is 0.264 e. The van der Waals surface area contributed by atoms with Gasteiger partial charge in [0.1, 0.15) is 18.9 Å². The minimum Gasteiger partial charge on any atom is -0.491 e. The van der Waals surface area contributed by atoms with Crippen LogP contribution in [0.2, 0.25) is 0 Å². The molecule has 1 aliphatic heterocycles. The Morgan fingerprint density at radius 2 is 1.87 bits per heavy atom. The number of carbonyl (C=O) groups excluding carboxylic acids is 2. The number of hydrogen-bond donors (Lipinski definition) is 0. The van der Waals surface area contributed by atoms with Crippen LogP contribution in [0.25, 0.3) is 0 Å². The van der Waals surface area contributed by atoms with Gasteiger partial charge in [0.05, 0.1) is 10.9 Å². The first-order valence-electron chi connectivity index (χ1n) is 10.6. The summed E-state index contributed by atoms with van der Waals surface area (Å²) in [6.07, 6.45) is 2.79. The minimum absolute atomic E-state index is 0.00434. The Kier molecular flexibility index (Phi) is 5.78. The number of fused-ring (bicyclic) bond motifs is 1. The molecule has 3 heterocycles. The molecule has 1 unspecified atom stereocenters. The zero-order chi connectivity index (χ0) is 21.2. The highest BCUT2D eigenvalue weighted by molar-refractivity contribution is 7.12. The van der Waals surface area contributed by atoms with E-state index < -0.39 is 0 Å². The standard InChI is InChI=1S/C24H24N2O3S2/c27-23(15-26(17-8-9-17)24(28)22-7-4-13-30-22)25-12-10-21-19(11-14-31-21)20(25)16-29-18-5-2-1-3-6-18/h1-7,11,13-14,17,20H,8-10,12,15-16H2. The summed E-state index contributed by atoms with van der Waals surface area (Å²) in [5.41, 5.74) is 1.17. The fourth-order valence-electron chi connectivity index (χ4n) is 4.10. The van der Waals surface area contributed by atoms with E-state index in [0.717, 1.165) is 25.0 Å². The second kappa shape index (κ2) is 8.85. The summed E-state index contributed by atoms with van der Waals surface area (Å²) in [6, 6.07) is 15.6. The van der Waals surface area contributed by atoms with Gasteiger partial charge in [-0.1, -0.05) is 24.3 Å². The zero-order valence-corrected chi connectivity index (χ0v) is 18.7. The molecule has 0 bridgehead atoms. The number of nitrogens with zero attached hydrogens (tertiary/aromatic N) is 2. The second-order valence-electron chi connectivity index (χ2n) is 7.92. The predicted octanol–water partition coefficient (Wildman–Crippen LogP) is 4.62. The maximum absolute atomic E-state index is 13.5. The lowest BCUT2D eigenvalue weighted by Crippen LogP contribution is -2.48. The van der Waals surface area contributed by atoms with Gasteiger partial charge in [0, 0.05) is 17.5 Å². The highest BCUT2D eigenvalue weighted by atomic mass is 32.1.